The fraction of sp³-hybridized carbons (Fsp3) is 0.500. The van der Waals surface area contributed by atoms with Crippen LogP contribution in [-0.4, -0.2) is 90.5 Å². The summed E-state index contributed by atoms with van der Waals surface area (Å²) in [4.78, 5) is 53.6. The van der Waals surface area contributed by atoms with Gasteiger partial charge in [-0.05, 0) is 25.0 Å². The van der Waals surface area contributed by atoms with E-state index >= 15 is 0 Å². The van der Waals surface area contributed by atoms with Gasteiger partial charge in [0.15, 0.2) is 17.4 Å². The van der Waals surface area contributed by atoms with Gasteiger partial charge in [-0.2, -0.15) is 4.98 Å². The molecule has 1 saturated heterocycles. The minimum Gasteiger partial charge on any atom is -0.387 e. The monoisotopic (exact) mass is 610 g/mol. The lowest BCUT2D eigenvalue weighted by Gasteiger charge is -2.20. The van der Waals surface area contributed by atoms with Gasteiger partial charge in [-0.1, -0.05) is 25.0 Å². The number of carbonyl (C=O) groups is 1. The third-order valence-electron chi connectivity index (χ3n) is 6.68. The van der Waals surface area contributed by atoms with E-state index in [1.54, 1.807) is 19.2 Å². The van der Waals surface area contributed by atoms with Crippen molar-refractivity contribution in [3.8, 4) is 0 Å². The minimum absolute atomic E-state index is 0.0258. The maximum Gasteiger partial charge on any atom is 0.469 e. The molecule has 2 aromatic heterocycles. The number of fused-ring (bicyclic) bond motifs is 1. The van der Waals surface area contributed by atoms with E-state index in [9.17, 15) is 24.4 Å². The standard InChI is InChI=1S/C24H35N8O9P/c1-26-14-9-5-4-8-13(14)20(35)27-10-6-2-3-7-11-28-24-29-16-19(30-23(25)31-21(16)36)32(24)22-18(34)17(33)15(41-22)12-40-42(37,38)39/h4-5,8-9,15,17-18,22,26,33-34H,2-3,6-7,10-12H2,1H3,(H,27,35)(H,28,29)(H2,37,38,39)(H3,25,30,31,36)/t15-,17-,18-,22-/m1/s1. The van der Waals surface area contributed by atoms with Gasteiger partial charge in [-0.15, -0.1) is 0 Å². The van der Waals surface area contributed by atoms with Crippen LogP contribution in [0.5, 0.6) is 0 Å². The molecule has 10 N–H and O–H groups in total. The van der Waals surface area contributed by atoms with Gasteiger partial charge < -0.3 is 46.4 Å². The molecule has 1 aliphatic heterocycles. The van der Waals surface area contributed by atoms with Gasteiger partial charge in [0.1, 0.15) is 18.3 Å². The van der Waals surface area contributed by atoms with Crippen molar-refractivity contribution in [2.75, 3.05) is 43.1 Å². The first kappa shape index (κ1) is 31.4. The molecule has 4 atom stereocenters. The van der Waals surface area contributed by atoms with Gasteiger partial charge in [0.25, 0.3) is 11.5 Å². The molecule has 1 aromatic carbocycles. The number of unbranched alkanes of at least 4 members (excludes halogenated alkanes) is 3. The van der Waals surface area contributed by atoms with E-state index in [1.807, 2.05) is 12.1 Å². The first-order valence-corrected chi connectivity index (χ1v) is 14.8. The van der Waals surface area contributed by atoms with E-state index in [0.29, 0.717) is 25.1 Å². The molecule has 42 heavy (non-hydrogen) atoms. The number of nitrogens with two attached hydrogens (primary N) is 1. The lowest BCUT2D eigenvalue weighted by atomic mass is 10.1. The maximum absolute atomic E-state index is 12.5. The summed E-state index contributed by atoms with van der Waals surface area (Å²) in [7, 11) is -3.10. The zero-order chi connectivity index (χ0) is 30.4. The summed E-state index contributed by atoms with van der Waals surface area (Å²) >= 11 is 0. The maximum atomic E-state index is 12.5. The molecule has 3 heterocycles. The van der Waals surface area contributed by atoms with E-state index in [0.717, 1.165) is 24.9 Å². The molecule has 3 aromatic rings. The topological polar surface area (TPSA) is 259 Å². The number of anilines is 3. The van der Waals surface area contributed by atoms with Crippen molar-refractivity contribution >= 4 is 42.5 Å². The third kappa shape index (κ3) is 7.43. The van der Waals surface area contributed by atoms with Crippen molar-refractivity contribution in [3.63, 3.8) is 0 Å². The number of aromatic amines is 1. The number of aromatic nitrogens is 4. The number of aliphatic hydroxyl groups excluding tert-OH is 2. The number of amides is 1. The lowest BCUT2D eigenvalue weighted by Crippen LogP contribution is -2.33. The number of phosphoric acid groups is 1. The number of aliphatic hydroxyl groups is 2. The average molecular weight is 611 g/mol. The number of para-hydroxylation sites is 1. The summed E-state index contributed by atoms with van der Waals surface area (Å²) < 4.78 is 22.5. The highest BCUT2D eigenvalue weighted by Crippen LogP contribution is 2.39. The van der Waals surface area contributed by atoms with Crippen LogP contribution in [-0.2, 0) is 13.8 Å². The number of hydrogen-bond donors (Lipinski definition) is 9. The molecule has 1 aliphatic rings. The molecule has 4 rings (SSSR count). The Morgan fingerprint density at radius 3 is 2.57 bits per heavy atom. The van der Waals surface area contributed by atoms with Gasteiger partial charge in [0.05, 0.1) is 12.2 Å². The van der Waals surface area contributed by atoms with Gasteiger partial charge in [0.2, 0.25) is 11.9 Å². The summed E-state index contributed by atoms with van der Waals surface area (Å²) in [6.07, 6.45) is -2.67. The van der Waals surface area contributed by atoms with E-state index in [2.05, 4.69) is 35.4 Å². The average Bonchev–Trinajstić information content (AvgIpc) is 3.44. The number of hydrogen-bond acceptors (Lipinski definition) is 12. The van der Waals surface area contributed by atoms with Crippen molar-refractivity contribution in [3.05, 3.63) is 40.2 Å². The second-order valence-corrected chi connectivity index (χ2v) is 10.9. The summed E-state index contributed by atoms with van der Waals surface area (Å²) in [6.45, 7) is 0.226. The smallest absolute Gasteiger partial charge is 0.387 e. The van der Waals surface area contributed by atoms with Crippen LogP contribution in [0.15, 0.2) is 29.1 Å². The zero-order valence-corrected chi connectivity index (χ0v) is 23.7. The van der Waals surface area contributed by atoms with Crippen molar-refractivity contribution in [1.82, 2.24) is 24.8 Å². The SMILES string of the molecule is CNc1ccccc1C(=O)NCCCCCCNc1nc2c(=O)[nH]c(N)nc2n1[C@@H]1O[C@H](COP(=O)(O)O)[C@@H](O)[C@H]1O. The van der Waals surface area contributed by atoms with Crippen LogP contribution in [0.1, 0.15) is 42.3 Å². The van der Waals surface area contributed by atoms with Crippen molar-refractivity contribution in [1.29, 1.82) is 0 Å². The fourth-order valence-electron chi connectivity index (χ4n) is 4.62. The number of rotatable bonds is 14. The Morgan fingerprint density at radius 2 is 1.86 bits per heavy atom. The first-order valence-electron chi connectivity index (χ1n) is 13.3. The van der Waals surface area contributed by atoms with Crippen LogP contribution in [0.3, 0.4) is 0 Å². The molecule has 0 bridgehead atoms. The highest BCUT2D eigenvalue weighted by atomic mass is 31.2. The van der Waals surface area contributed by atoms with Crippen LogP contribution in [0.4, 0.5) is 17.6 Å². The Kier molecular flexibility index (Phi) is 10.2. The largest absolute Gasteiger partial charge is 0.469 e. The Bertz CT molecular complexity index is 1490. The van der Waals surface area contributed by atoms with E-state index in [4.69, 9.17) is 20.3 Å². The van der Waals surface area contributed by atoms with Crippen LogP contribution in [0.25, 0.3) is 11.2 Å². The molecule has 0 saturated carbocycles. The summed E-state index contributed by atoms with van der Waals surface area (Å²) in [5, 5.41) is 30.1. The number of benzene rings is 1. The molecule has 1 amide bonds. The van der Waals surface area contributed by atoms with Crippen molar-refractivity contribution in [2.24, 2.45) is 0 Å². The quantitative estimate of drug-likeness (QED) is 0.0851. The van der Waals surface area contributed by atoms with Crippen LogP contribution in [0, 0.1) is 0 Å². The van der Waals surface area contributed by atoms with Gasteiger partial charge >= 0.3 is 7.82 Å². The molecule has 0 radical (unpaired) electrons. The summed E-state index contributed by atoms with van der Waals surface area (Å²) in [5.41, 5.74) is 6.29. The Balaban J connectivity index is 1.34. The van der Waals surface area contributed by atoms with Crippen LogP contribution >= 0.6 is 7.82 Å². The number of imidazole rings is 1. The second kappa shape index (κ2) is 13.6. The molecular weight excluding hydrogens is 575 g/mol. The number of nitrogen functional groups attached to an aromatic ring is 1. The minimum atomic E-state index is -4.86. The lowest BCUT2D eigenvalue weighted by molar-refractivity contribution is -0.0494. The fourth-order valence-corrected chi connectivity index (χ4v) is 4.96. The number of ether oxygens (including phenoxy) is 1. The van der Waals surface area contributed by atoms with Gasteiger partial charge in [-0.3, -0.25) is 23.7 Å². The molecular formula is C24H35N8O9P. The first-order chi connectivity index (χ1) is 20.0. The molecule has 230 valence electrons. The van der Waals surface area contributed by atoms with Crippen molar-refractivity contribution < 1.29 is 38.6 Å². The number of nitrogens with one attached hydrogen (secondary N) is 4. The molecule has 17 nitrogen and oxygen atoms in total. The predicted molar refractivity (Wildman–Crippen MR) is 152 cm³/mol. The summed E-state index contributed by atoms with van der Waals surface area (Å²) in [6, 6.07) is 7.24. The van der Waals surface area contributed by atoms with Crippen molar-refractivity contribution in [2.45, 2.75) is 50.2 Å². The van der Waals surface area contributed by atoms with Crippen LogP contribution in [0.2, 0.25) is 0 Å². The predicted octanol–water partition coefficient (Wildman–Crippen LogP) is -0.126. The number of nitrogens with zero attached hydrogens (tertiary/aromatic N) is 3. The van der Waals surface area contributed by atoms with Gasteiger partial charge in [0, 0.05) is 25.8 Å². The van der Waals surface area contributed by atoms with E-state index < -0.39 is 44.5 Å². The molecule has 0 unspecified atom stereocenters. The molecule has 0 aliphatic carbocycles. The molecule has 1 fully saturated rings. The highest BCUT2D eigenvalue weighted by Gasteiger charge is 2.46. The number of H-pyrrole nitrogens is 1. The highest BCUT2D eigenvalue weighted by molar-refractivity contribution is 7.46. The molecule has 18 heteroatoms. The normalized spacial score (nSPS) is 20.6. The van der Waals surface area contributed by atoms with E-state index in [1.165, 1.54) is 4.57 Å². The second-order valence-electron chi connectivity index (χ2n) is 9.65. The Morgan fingerprint density at radius 1 is 1.14 bits per heavy atom. The molecule has 0 spiro atoms. The number of phosphoric ester groups is 1. The van der Waals surface area contributed by atoms with E-state index in [-0.39, 0.29) is 29.0 Å². The third-order valence-corrected chi connectivity index (χ3v) is 7.17. The zero-order valence-electron chi connectivity index (χ0n) is 22.8. The Labute approximate surface area is 239 Å². The van der Waals surface area contributed by atoms with Gasteiger partial charge in [-0.25, -0.2) is 9.55 Å². The summed E-state index contributed by atoms with van der Waals surface area (Å²) in [5.74, 6) is -0.255. The Hall–Kier alpha value is -3.57. The van der Waals surface area contributed by atoms with Crippen LogP contribution < -0.4 is 27.2 Å². The number of carbonyl (C=O) groups excluding carboxylic acids is 1.